The molecule has 0 radical (unpaired) electrons. The number of aryl methyl sites for hydroxylation is 1. The van der Waals surface area contributed by atoms with Crippen LogP contribution in [0.1, 0.15) is 41.6 Å². The minimum atomic E-state index is -0.620. The molecule has 1 aromatic heterocycles. The topological polar surface area (TPSA) is 167 Å². The number of nitrogens with two attached hydrogens (primary N) is 2. The number of primary amides is 1. The second-order valence-electron chi connectivity index (χ2n) is 7.68. The van der Waals surface area contributed by atoms with Crippen molar-refractivity contribution in [2.75, 3.05) is 22.6 Å². The maximum atomic E-state index is 11.9. The van der Waals surface area contributed by atoms with Crippen LogP contribution in [-0.4, -0.2) is 40.9 Å². The summed E-state index contributed by atoms with van der Waals surface area (Å²) in [4.78, 5) is 20.6. The Kier molecular flexibility index (Phi) is 7.50. The number of benzene rings is 1. The van der Waals surface area contributed by atoms with Crippen LogP contribution in [0.3, 0.4) is 0 Å². The third kappa shape index (κ3) is 6.22. The molecule has 3 rings (SSSR count). The normalized spacial score (nSPS) is 18.5. The lowest BCUT2D eigenvalue weighted by molar-refractivity contribution is 0.100. The van der Waals surface area contributed by atoms with E-state index in [1.54, 1.807) is 0 Å². The lowest BCUT2D eigenvalue weighted by atomic mass is 9.85. The molecule has 0 spiro atoms. The van der Waals surface area contributed by atoms with E-state index >= 15 is 0 Å². The summed E-state index contributed by atoms with van der Waals surface area (Å²) in [7, 11) is 0. The van der Waals surface area contributed by atoms with Crippen molar-refractivity contribution in [3.63, 3.8) is 0 Å². The summed E-state index contributed by atoms with van der Waals surface area (Å²) in [6.07, 6.45) is 8.31. The maximum absolute atomic E-state index is 11.9. The molecule has 164 valence electrons. The smallest absolute Gasteiger partial charge is 0.254 e. The van der Waals surface area contributed by atoms with Crippen molar-refractivity contribution >= 4 is 41.5 Å². The van der Waals surface area contributed by atoms with Gasteiger partial charge in [-0.3, -0.25) is 10.2 Å². The Labute approximate surface area is 181 Å². The molecule has 0 bridgehead atoms. The maximum Gasteiger partial charge on any atom is 0.254 e. The Morgan fingerprint density at radius 3 is 2.81 bits per heavy atom. The molecule has 1 heterocycles. The van der Waals surface area contributed by atoms with Crippen LogP contribution in [0, 0.1) is 18.3 Å². The van der Waals surface area contributed by atoms with E-state index in [0.717, 1.165) is 30.3 Å². The molecular weight excluding hydrogens is 394 g/mol. The van der Waals surface area contributed by atoms with Crippen LogP contribution < -0.4 is 27.5 Å². The third-order valence-electron chi connectivity index (χ3n) is 5.23. The van der Waals surface area contributed by atoms with Gasteiger partial charge in [-0.2, -0.15) is 10.1 Å². The quantitative estimate of drug-likeness (QED) is 0.266. The van der Waals surface area contributed by atoms with Crippen molar-refractivity contribution < 1.29 is 4.79 Å². The SMILES string of the molecule is Cc1cc(N/N=C\C=N)cc(Nc2nc(NC[C@@H]3CCCC[C@@H]3N)ncc2C(N)=O)c1. The number of carbonyl (C=O) groups excluding carboxylic acids is 1. The van der Waals surface area contributed by atoms with Gasteiger partial charge < -0.3 is 27.5 Å². The largest absolute Gasteiger partial charge is 0.365 e. The summed E-state index contributed by atoms with van der Waals surface area (Å²) >= 11 is 0. The van der Waals surface area contributed by atoms with E-state index in [1.807, 2.05) is 25.1 Å². The van der Waals surface area contributed by atoms with Crippen molar-refractivity contribution in [3.8, 4) is 0 Å². The molecule has 8 N–H and O–H groups in total. The van der Waals surface area contributed by atoms with Gasteiger partial charge in [0.05, 0.1) is 11.9 Å². The molecule has 0 aliphatic heterocycles. The van der Waals surface area contributed by atoms with Crippen LogP contribution >= 0.6 is 0 Å². The van der Waals surface area contributed by atoms with Crippen LogP contribution in [0.2, 0.25) is 0 Å². The number of hydrogen-bond acceptors (Lipinski definition) is 9. The Balaban J connectivity index is 1.79. The molecule has 1 saturated carbocycles. The zero-order chi connectivity index (χ0) is 22.2. The van der Waals surface area contributed by atoms with Crippen LogP contribution in [-0.2, 0) is 0 Å². The number of nitrogens with zero attached hydrogens (tertiary/aromatic N) is 3. The van der Waals surface area contributed by atoms with Crippen LogP contribution in [0.15, 0.2) is 29.5 Å². The number of anilines is 4. The minimum absolute atomic E-state index is 0.178. The second-order valence-corrected chi connectivity index (χ2v) is 7.68. The van der Waals surface area contributed by atoms with Gasteiger partial charge in [0.25, 0.3) is 5.91 Å². The fourth-order valence-corrected chi connectivity index (χ4v) is 3.66. The summed E-state index contributed by atoms with van der Waals surface area (Å²) in [5.74, 6) is 0.478. The average molecular weight is 424 g/mol. The zero-order valence-corrected chi connectivity index (χ0v) is 17.6. The predicted molar refractivity (Wildman–Crippen MR) is 124 cm³/mol. The first-order valence-electron chi connectivity index (χ1n) is 10.3. The molecule has 0 saturated heterocycles. The monoisotopic (exact) mass is 423 g/mol. The molecule has 2 atom stereocenters. The predicted octanol–water partition coefficient (Wildman–Crippen LogP) is 2.60. The Morgan fingerprint density at radius 1 is 1.29 bits per heavy atom. The van der Waals surface area contributed by atoms with E-state index in [2.05, 4.69) is 31.1 Å². The number of rotatable bonds is 9. The van der Waals surface area contributed by atoms with Crippen LogP contribution in [0.25, 0.3) is 0 Å². The highest BCUT2D eigenvalue weighted by molar-refractivity contribution is 6.14. The van der Waals surface area contributed by atoms with E-state index in [1.165, 1.54) is 25.3 Å². The number of aromatic nitrogens is 2. The Hall–Kier alpha value is -3.53. The molecule has 1 fully saturated rings. The standard InChI is InChI=1S/C21H29N9O/c1-13-8-15(10-16(9-13)30-27-7-6-22)28-20-17(19(24)31)12-26-21(29-20)25-11-14-4-2-3-5-18(14)23/h6-10,12,14,18,22,30H,2-5,11,23H2,1H3,(H2,24,31)(H2,25,26,28,29)/b22-6?,27-7-/t14-,18-/m0/s1. The molecule has 2 aromatic rings. The summed E-state index contributed by atoms with van der Waals surface area (Å²) in [6, 6.07) is 5.81. The van der Waals surface area contributed by atoms with Gasteiger partial charge in [-0.25, -0.2) is 4.98 Å². The van der Waals surface area contributed by atoms with Gasteiger partial charge in [-0.05, 0) is 49.4 Å². The van der Waals surface area contributed by atoms with Crippen molar-refractivity contribution in [3.05, 3.63) is 35.5 Å². The molecule has 1 aromatic carbocycles. The van der Waals surface area contributed by atoms with Crippen molar-refractivity contribution in [1.29, 1.82) is 5.41 Å². The summed E-state index contributed by atoms with van der Waals surface area (Å²) < 4.78 is 0. The van der Waals surface area contributed by atoms with Crippen LogP contribution in [0.4, 0.5) is 23.1 Å². The lowest BCUT2D eigenvalue weighted by Gasteiger charge is -2.28. The third-order valence-corrected chi connectivity index (χ3v) is 5.23. The minimum Gasteiger partial charge on any atom is -0.365 e. The first-order chi connectivity index (χ1) is 15.0. The highest BCUT2D eigenvalue weighted by Gasteiger charge is 2.22. The highest BCUT2D eigenvalue weighted by Crippen LogP contribution is 2.25. The van der Waals surface area contributed by atoms with Crippen molar-refractivity contribution in [2.24, 2.45) is 22.5 Å². The van der Waals surface area contributed by atoms with Gasteiger partial charge >= 0.3 is 0 Å². The zero-order valence-electron chi connectivity index (χ0n) is 17.6. The fourth-order valence-electron chi connectivity index (χ4n) is 3.66. The molecule has 1 aliphatic rings. The molecule has 1 amide bonds. The molecule has 0 unspecified atom stereocenters. The summed E-state index contributed by atoms with van der Waals surface area (Å²) in [6.45, 7) is 2.62. The molecule has 10 nitrogen and oxygen atoms in total. The first kappa shape index (κ1) is 22.2. The Bertz CT molecular complexity index is 960. The van der Waals surface area contributed by atoms with E-state index < -0.39 is 5.91 Å². The number of amides is 1. The second kappa shape index (κ2) is 10.5. The Morgan fingerprint density at radius 2 is 2.06 bits per heavy atom. The molecule has 31 heavy (non-hydrogen) atoms. The fraction of sp³-hybridized carbons (Fsp3) is 0.381. The van der Waals surface area contributed by atoms with E-state index in [0.29, 0.717) is 29.9 Å². The summed E-state index contributed by atoms with van der Waals surface area (Å²) in [5, 5.41) is 17.3. The highest BCUT2D eigenvalue weighted by atomic mass is 16.1. The summed E-state index contributed by atoms with van der Waals surface area (Å²) in [5.41, 5.74) is 17.2. The van der Waals surface area contributed by atoms with Gasteiger partial charge in [0.1, 0.15) is 11.4 Å². The van der Waals surface area contributed by atoms with Gasteiger partial charge in [-0.15, -0.1) is 0 Å². The number of carbonyl (C=O) groups is 1. The van der Waals surface area contributed by atoms with Gasteiger partial charge in [0, 0.05) is 30.7 Å². The van der Waals surface area contributed by atoms with E-state index in [4.69, 9.17) is 16.9 Å². The molecule has 10 heteroatoms. The van der Waals surface area contributed by atoms with Gasteiger partial charge in [-0.1, -0.05) is 12.8 Å². The van der Waals surface area contributed by atoms with E-state index in [9.17, 15) is 4.79 Å². The van der Waals surface area contributed by atoms with Gasteiger partial charge in [0.2, 0.25) is 5.95 Å². The number of nitrogens with one attached hydrogen (secondary N) is 4. The number of hydrogen-bond donors (Lipinski definition) is 6. The molecular formula is C21H29N9O. The van der Waals surface area contributed by atoms with Crippen LogP contribution in [0.5, 0.6) is 0 Å². The number of hydrazone groups is 1. The molecule has 1 aliphatic carbocycles. The first-order valence-corrected chi connectivity index (χ1v) is 10.3. The van der Waals surface area contributed by atoms with Gasteiger partial charge in [0.15, 0.2) is 0 Å². The lowest BCUT2D eigenvalue weighted by Crippen LogP contribution is -2.37. The van der Waals surface area contributed by atoms with Crippen molar-refractivity contribution in [2.45, 2.75) is 38.6 Å². The average Bonchev–Trinajstić information content (AvgIpc) is 2.73. The van der Waals surface area contributed by atoms with E-state index in [-0.39, 0.29) is 11.6 Å². The van der Waals surface area contributed by atoms with Crippen molar-refractivity contribution in [1.82, 2.24) is 9.97 Å².